The quantitative estimate of drug-likeness (QED) is 0.445. The van der Waals surface area contributed by atoms with Crippen LogP contribution in [-0.4, -0.2) is 59.2 Å². The van der Waals surface area contributed by atoms with E-state index in [2.05, 4.69) is 5.32 Å². The average Bonchev–Trinajstić information content (AvgIpc) is 3.34. The summed E-state index contributed by atoms with van der Waals surface area (Å²) >= 11 is 0. The van der Waals surface area contributed by atoms with Crippen LogP contribution in [0.25, 0.3) is 0 Å². The number of aryl methyl sites for hydroxylation is 1. The van der Waals surface area contributed by atoms with E-state index in [-0.39, 0.29) is 24.7 Å². The number of rotatable bonds is 12. The molecule has 0 saturated carbocycles. The van der Waals surface area contributed by atoms with E-state index in [1.54, 1.807) is 24.3 Å². The van der Waals surface area contributed by atoms with E-state index in [4.69, 9.17) is 4.52 Å². The first-order valence-electron chi connectivity index (χ1n) is 11.5. The second kappa shape index (κ2) is 13.1. The molecule has 2 aromatic rings. The lowest BCUT2D eigenvalue weighted by atomic mass is 10.0. The summed E-state index contributed by atoms with van der Waals surface area (Å²) in [4.78, 5) is 37.6. The van der Waals surface area contributed by atoms with Gasteiger partial charge in [-0.2, -0.15) is 0 Å². The predicted molar refractivity (Wildman–Crippen MR) is 129 cm³/mol. The molecular formula is C25H31N2O6P. The van der Waals surface area contributed by atoms with Gasteiger partial charge in [0.1, 0.15) is 12.2 Å². The van der Waals surface area contributed by atoms with Crippen molar-refractivity contribution in [2.24, 2.45) is 0 Å². The summed E-state index contributed by atoms with van der Waals surface area (Å²) in [6.45, 7) is 0.486. The molecular weight excluding hydrogens is 455 g/mol. The highest BCUT2D eigenvalue weighted by molar-refractivity contribution is 7.40. The standard InChI is InChI=1S/C25H31N2O6P/c28-23(27-16-7-12-22(27)25(30)31)18-34(32)33-17-15-21(14-13-19-8-3-1-4-9-19)26-24(29)20-10-5-2-6-11-20/h1-6,8-11,21-22,34H,7,12-18H2,(H,26,29)(H,30,31)/t21?,22-/m0/s1. The molecule has 0 bridgehead atoms. The number of hydrogen-bond acceptors (Lipinski definition) is 5. The summed E-state index contributed by atoms with van der Waals surface area (Å²) in [5.41, 5.74) is 1.71. The first-order valence-corrected chi connectivity index (χ1v) is 13.0. The summed E-state index contributed by atoms with van der Waals surface area (Å²) in [5, 5.41) is 12.3. The number of likely N-dealkylation sites (tertiary alicyclic amines) is 1. The Balaban J connectivity index is 1.51. The van der Waals surface area contributed by atoms with Gasteiger partial charge in [-0.05, 0) is 49.8 Å². The number of hydrogen-bond donors (Lipinski definition) is 2. The lowest BCUT2D eigenvalue weighted by molar-refractivity contribution is -0.147. The first kappa shape index (κ1) is 25.7. The van der Waals surface area contributed by atoms with Crippen molar-refractivity contribution in [3.05, 3.63) is 71.8 Å². The van der Waals surface area contributed by atoms with Crippen LogP contribution in [0.4, 0.5) is 0 Å². The van der Waals surface area contributed by atoms with Crippen molar-refractivity contribution >= 4 is 25.8 Å². The van der Waals surface area contributed by atoms with E-state index in [1.807, 2.05) is 36.4 Å². The molecule has 8 nitrogen and oxygen atoms in total. The molecule has 0 aliphatic carbocycles. The number of carboxylic acids is 1. The maximum absolute atomic E-state index is 12.6. The van der Waals surface area contributed by atoms with Gasteiger partial charge in [0.15, 0.2) is 0 Å². The molecule has 1 heterocycles. The highest BCUT2D eigenvalue weighted by Crippen LogP contribution is 2.26. The lowest BCUT2D eigenvalue weighted by Gasteiger charge is -2.21. The molecule has 182 valence electrons. The van der Waals surface area contributed by atoms with Crippen molar-refractivity contribution in [1.82, 2.24) is 10.2 Å². The Morgan fingerprint density at radius 2 is 1.74 bits per heavy atom. The predicted octanol–water partition coefficient (Wildman–Crippen LogP) is 3.37. The number of nitrogens with one attached hydrogen (secondary N) is 1. The SMILES string of the molecule is O=C(NC(CCO[PH](=O)CC(=O)N1CCC[C@H]1C(=O)O)CCc1ccccc1)c1ccccc1. The Morgan fingerprint density at radius 1 is 1.06 bits per heavy atom. The third-order valence-corrected chi connectivity index (χ3v) is 7.00. The summed E-state index contributed by atoms with van der Waals surface area (Å²) in [7, 11) is -2.66. The van der Waals surface area contributed by atoms with Crippen LogP contribution in [-0.2, 0) is 25.1 Å². The van der Waals surface area contributed by atoms with Crippen molar-refractivity contribution in [2.45, 2.75) is 44.2 Å². The lowest BCUT2D eigenvalue weighted by Crippen LogP contribution is -2.41. The largest absolute Gasteiger partial charge is 0.480 e. The van der Waals surface area contributed by atoms with Gasteiger partial charge in [-0.1, -0.05) is 48.5 Å². The van der Waals surface area contributed by atoms with Crippen LogP contribution in [0.1, 0.15) is 41.6 Å². The number of carboxylic acid groups (broad SMARTS) is 1. The van der Waals surface area contributed by atoms with Gasteiger partial charge in [0, 0.05) is 18.2 Å². The van der Waals surface area contributed by atoms with Crippen molar-refractivity contribution in [3.8, 4) is 0 Å². The molecule has 2 unspecified atom stereocenters. The van der Waals surface area contributed by atoms with E-state index in [0.29, 0.717) is 37.8 Å². The van der Waals surface area contributed by atoms with Gasteiger partial charge in [0.25, 0.3) is 5.91 Å². The third-order valence-electron chi connectivity index (χ3n) is 5.88. The fourth-order valence-corrected chi connectivity index (χ4v) is 4.94. The highest BCUT2D eigenvalue weighted by atomic mass is 31.1. The summed E-state index contributed by atoms with van der Waals surface area (Å²) in [6.07, 6.45) is 2.61. The van der Waals surface area contributed by atoms with Crippen LogP contribution in [0.2, 0.25) is 0 Å². The van der Waals surface area contributed by atoms with E-state index >= 15 is 0 Å². The molecule has 2 N–H and O–H groups in total. The van der Waals surface area contributed by atoms with Crippen LogP contribution in [0.15, 0.2) is 60.7 Å². The Labute approximate surface area is 200 Å². The Morgan fingerprint density at radius 3 is 2.41 bits per heavy atom. The van der Waals surface area contributed by atoms with Crippen LogP contribution >= 0.6 is 8.03 Å². The van der Waals surface area contributed by atoms with Crippen molar-refractivity contribution in [3.63, 3.8) is 0 Å². The van der Waals surface area contributed by atoms with Gasteiger partial charge < -0.3 is 19.8 Å². The number of carbonyl (C=O) groups excluding carboxylic acids is 2. The molecule has 0 spiro atoms. The van der Waals surface area contributed by atoms with Gasteiger partial charge in [0.2, 0.25) is 13.9 Å². The Kier molecular flexibility index (Phi) is 9.86. The van der Waals surface area contributed by atoms with E-state index in [1.165, 1.54) is 4.90 Å². The molecule has 2 amide bonds. The monoisotopic (exact) mass is 486 g/mol. The zero-order valence-corrected chi connectivity index (χ0v) is 20.0. The number of carbonyl (C=O) groups is 3. The smallest absolute Gasteiger partial charge is 0.326 e. The molecule has 34 heavy (non-hydrogen) atoms. The molecule has 9 heteroatoms. The summed E-state index contributed by atoms with van der Waals surface area (Å²) in [5.74, 6) is -1.68. The minimum absolute atomic E-state index is 0.127. The van der Waals surface area contributed by atoms with Crippen LogP contribution in [0, 0.1) is 0 Å². The second-order valence-electron chi connectivity index (χ2n) is 8.33. The van der Waals surface area contributed by atoms with Gasteiger partial charge in [-0.25, -0.2) is 4.79 Å². The fraction of sp³-hybridized carbons (Fsp3) is 0.400. The van der Waals surface area contributed by atoms with Crippen LogP contribution < -0.4 is 5.32 Å². The van der Waals surface area contributed by atoms with Gasteiger partial charge >= 0.3 is 5.97 Å². The maximum atomic E-state index is 12.6. The molecule has 1 fully saturated rings. The molecule has 1 aliphatic rings. The van der Waals surface area contributed by atoms with Crippen LogP contribution in [0.3, 0.4) is 0 Å². The molecule has 3 atom stereocenters. The third kappa shape index (κ3) is 7.82. The number of benzene rings is 2. The van der Waals surface area contributed by atoms with E-state index in [0.717, 1.165) is 12.0 Å². The molecule has 2 aromatic carbocycles. The van der Waals surface area contributed by atoms with Crippen molar-refractivity contribution in [2.75, 3.05) is 19.3 Å². The van der Waals surface area contributed by atoms with Crippen molar-refractivity contribution < 1.29 is 28.6 Å². The normalized spacial score (nSPS) is 17.2. The van der Waals surface area contributed by atoms with Gasteiger partial charge in [-0.3, -0.25) is 14.2 Å². The topological polar surface area (TPSA) is 113 Å². The highest BCUT2D eigenvalue weighted by Gasteiger charge is 2.34. The summed E-state index contributed by atoms with van der Waals surface area (Å²) in [6, 6.07) is 17.8. The number of amides is 2. The Bertz CT molecular complexity index is 985. The minimum atomic E-state index is -2.66. The second-order valence-corrected chi connectivity index (χ2v) is 9.72. The first-order chi connectivity index (χ1) is 16.4. The molecule has 0 aromatic heterocycles. The molecule has 1 aliphatic heterocycles. The molecule has 1 saturated heterocycles. The maximum Gasteiger partial charge on any atom is 0.326 e. The minimum Gasteiger partial charge on any atom is -0.480 e. The van der Waals surface area contributed by atoms with Gasteiger partial charge in [-0.15, -0.1) is 0 Å². The fourth-order valence-electron chi connectivity index (χ4n) is 4.05. The average molecular weight is 487 g/mol. The number of nitrogens with zero attached hydrogens (tertiary/aromatic N) is 1. The van der Waals surface area contributed by atoms with Gasteiger partial charge in [0.05, 0.1) is 6.61 Å². The number of aliphatic carboxylic acids is 1. The van der Waals surface area contributed by atoms with Crippen LogP contribution in [0.5, 0.6) is 0 Å². The summed E-state index contributed by atoms with van der Waals surface area (Å²) < 4.78 is 17.8. The molecule has 3 rings (SSSR count). The molecule has 0 radical (unpaired) electrons. The Hall–Kier alpha value is -2.96. The zero-order valence-electron chi connectivity index (χ0n) is 19.0. The zero-order chi connectivity index (χ0) is 24.3. The van der Waals surface area contributed by atoms with Crippen molar-refractivity contribution in [1.29, 1.82) is 0 Å². The van der Waals surface area contributed by atoms with E-state index in [9.17, 15) is 24.1 Å². The van der Waals surface area contributed by atoms with E-state index < -0.39 is 25.9 Å².